The van der Waals surface area contributed by atoms with Crippen LogP contribution in [0.25, 0.3) is 11.3 Å². The van der Waals surface area contributed by atoms with Crippen molar-refractivity contribution in [3.05, 3.63) is 41.3 Å². The lowest BCUT2D eigenvalue weighted by Gasteiger charge is -2.21. The highest BCUT2D eigenvalue weighted by atomic mass is 15.0. The zero-order valence-electron chi connectivity index (χ0n) is 12.2. The Balaban J connectivity index is 2.69. The highest BCUT2D eigenvalue weighted by Crippen LogP contribution is 2.31. The number of hydrogen-bond acceptors (Lipinski definition) is 2. The van der Waals surface area contributed by atoms with E-state index in [-0.39, 0.29) is 5.41 Å². The van der Waals surface area contributed by atoms with Crippen molar-refractivity contribution in [3.8, 4) is 17.3 Å². The van der Waals surface area contributed by atoms with Gasteiger partial charge in [0.1, 0.15) is 6.07 Å². The van der Waals surface area contributed by atoms with Crippen molar-refractivity contribution in [1.29, 1.82) is 5.26 Å². The average Bonchev–Trinajstić information content (AvgIpc) is 2.69. The Bertz CT molecular complexity index is 652. The van der Waals surface area contributed by atoms with Gasteiger partial charge in [-0.3, -0.25) is 0 Å². The zero-order chi connectivity index (χ0) is 14.2. The minimum absolute atomic E-state index is 0.0911. The van der Waals surface area contributed by atoms with Crippen molar-refractivity contribution in [3.63, 3.8) is 0 Å². The number of aryl methyl sites for hydroxylation is 2. The van der Waals surface area contributed by atoms with E-state index in [2.05, 4.69) is 56.9 Å². The Hall–Kier alpha value is -2.08. The maximum absolute atomic E-state index is 9.19. The highest BCUT2D eigenvalue weighted by molar-refractivity contribution is 5.69. The summed E-state index contributed by atoms with van der Waals surface area (Å²) in [5.74, 6) is 0. The van der Waals surface area contributed by atoms with E-state index in [1.165, 1.54) is 5.56 Å². The minimum atomic E-state index is 0.0911. The molecule has 0 unspecified atom stereocenters. The molecule has 0 atom stereocenters. The molecule has 0 bridgehead atoms. The van der Waals surface area contributed by atoms with Gasteiger partial charge in [0, 0.05) is 12.6 Å². The van der Waals surface area contributed by atoms with Crippen molar-refractivity contribution in [2.75, 3.05) is 0 Å². The number of rotatable bonds is 1. The van der Waals surface area contributed by atoms with Gasteiger partial charge >= 0.3 is 0 Å². The Kier molecular flexibility index (Phi) is 3.20. The maximum atomic E-state index is 9.19. The lowest BCUT2D eigenvalue weighted by atomic mass is 9.85. The number of aromatic nitrogens is 2. The molecule has 98 valence electrons. The first-order chi connectivity index (χ1) is 8.84. The molecule has 3 nitrogen and oxygen atoms in total. The molecular weight excluding hydrogens is 234 g/mol. The molecule has 0 saturated heterocycles. The predicted molar refractivity (Wildman–Crippen MR) is 76.8 cm³/mol. The van der Waals surface area contributed by atoms with Gasteiger partial charge in [-0.05, 0) is 29.5 Å². The van der Waals surface area contributed by atoms with E-state index in [1.807, 2.05) is 11.6 Å². The van der Waals surface area contributed by atoms with Crippen molar-refractivity contribution in [2.24, 2.45) is 7.05 Å². The van der Waals surface area contributed by atoms with Gasteiger partial charge in [0.05, 0.1) is 12.0 Å². The molecule has 0 amide bonds. The number of imidazole rings is 1. The summed E-state index contributed by atoms with van der Waals surface area (Å²) in [6.45, 7) is 8.64. The molecule has 19 heavy (non-hydrogen) atoms. The first-order valence-electron chi connectivity index (χ1n) is 6.37. The van der Waals surface area contributed by atoms with Gasteiger partial charge in [-0.15, -0.1) is 0 Å². The SMILES string of the molecule is Cc1ccc(C(C)(C)C)cc1-c1c(C#N)ncn1C. The molecule has 1 aromatic carbocycles. The summed E-state index contributed by atoms with van der Waals surface area (Å²) in [5, 5.41) is 9.19. The van der Waals surface area contributed by atoms with Crippen LogP contribution in [0.2, 0.25) is 0 Å². The van der Waals surface area contributed by atoms with Crippen molar-refractivity contribution >= 4 is 0 Å². The first kappa shape index (κ1) is 13.4. The third kappa shape index (κ3) is 2.39. The van der Waals surface area contributed by atoms with E-state index >= 15 is 0 Å². The van der Waals surface area contributed by atoms with E-state index < -0.39 is 0 Å². The summed E-state index contributed by atoms with van der Waals surface area (Å²) in [7, 11) is 1.92. The van der Waals surface area contributed by atoms with Crippen molar-refractivity contribution < 1.29 is 0 Å². The van der Waals surface area contributed by atoms with Crippen LogP contribution >= 0.6 is 0 Å². The van der Waals surface area contributed by atoms with Crippen LogP contribution in [0.1, 0.15) is 37.6 Å². The van der Waals surface area contributed by atoms with Gasteiger partial charge in [0.15, 0.2) is 5.69 Å². The number of nitriles is 1. The Morgan fingerprint density at radius 2 is 1.95 bits per heavy atom. The monoisotopic (exact) mass is 253 g/mol. The second-order valence-corrected chi connectivity index (χ2v) is 5.94. The van der Waals surface area contributed by atoms with Crippen LogP contribution in [0.4, 0.5) is 0 Å². The molecule has 1 heterocycles. The Morgan fingerprint density at radius 3 is 2.53 bits per heavy atom. The fraction of sp³-hybridized carbons (Fsp3) is 0.375. The van der Waals surface area contributed by atoms with Crippen LogP contribution in [0, 0.1) is 18.3 Å². The van der Waals surface area contributed by atoms with E-state index in [1.54, 1.807) is 6.33 Å². The molecule has 0 radical (unpaired) electrons. The normalized spacial score (nSPS) is 11.4. The zero-order valence-corrected chi connectivity index (χ0v) is 12.2. The average molecular weight is 253 g/mol. The molecule has 2 rings (SSSR count). The van der Waals surface area contributed by atoms with Crippen LogP contribution in [0.5, 0.6) is 0 Å². The molecule has 0 saturated carbocycles. The predicted octanol–water partition coefficient (Wildman–Crippen LogP) is 3.56. The fourth-order valence-electron chi connectivity index (χ4n) is 2.17. The molecule has 0 aliphatic heterocycles. The summed E-state index contributed by atoms with van der Waals surface area (Å²) in [4.78, 5) is 4.15. The Morgan fingerprint density at radius 1 is 1.26 bits per heavy atom. The fourth-order valence-corrected chi connectivity index (χ4v) is 2.17. The van der Waals surface area contributed by atoms with E-state index in [9.17, 15) is 5.26 Å². The summed E-state index contributed by atoms with van der Waals surface area (Å²) < 4.78 is 1.91. The second-order valence-electron chi connectivity index (χ2n) is 5.94. The summed E-state index contributed by atoms with van der Waals surface area (Å²) in [5.41, 5.74) is 4.98. The van der Waals surface area contributed by atoms with Gasteiger partial charge in [-0.2, -0.15) is 5.26 Å². The van der Waals surface area contributed by atoms with Crippen LogP contribution in [0.15, 0.2) is 24.5 Å². The van der Waals surface area contributed by atoms with Crippen LogP contribution in [-0.4, -0.2) is 9.55 Å². The molecule has 0 N–H and O–H groups in total. The largest absolute Gasteiger partial charge is 0.333 e. The smallest absolute Gasteiger partial charge is 0.166 e. The van der Waals surface area contributed by atoms with Crippen LogP contribution < -0.4 is 0 Å². The highest BCUT2D eigenvalue weighted by Gasteiger charge is 2.18. The molecule has 3 heteroatoms. The maximum Gasteiger partial charge on any atom is 0.166 e. The lowest BCUT2D eigenvalue weighted by Crippen LogP contribution is -2.11. The van der Waals surface area contributed by atoms with Gasteiger partial charge < -0.3 is 4.57 Å². The molecule has 0 aliphatic rings. The lowest BCUT2D eigenvalue weighted by molar-refractivity contribution is 0.590. The number of hydrogen-bond donors (Lipinski definition) is 0. The van der Waals surface area contributed by atoms with E-state index in [4.69, 9.17) is 0 Å². The van der Waals surface area contributed by atoms with Gasteiger partial charge in [0.2, 0.25) is 0 Å². The van der Waals surface area contributed by atoms with Crippen LogP contribution in [0.3, 0.4) is 0 Å². The molecule has 1 aromatic heterocycles. The van der Waals surface area contributed by atoms with Crippen LogP contribution in [-0.2, 0) is 12.5 Å². The second kappa shape index (κ2) is 4.55. The van der Waals surface area contributed by atoms with Gasteiger partial charge in [0.25, 0.3) is 0 Å². The van der Waals surface area contributed by atoms with Gasteiger partial charge in [-0.1, -0.05) is 32.9 Å². The van der Waals surface area contributed by atoms with E-state index in [0.717, 1.165) is 16.8 Å². The first-order valence-corrected chi connectivity index (χ1v) is 6.37. The molecule has 2 aromatic rings. The third-order valence-electron chi connectivity index (χ3n) is 3.40. The standard InChI is InChI=1S/C16H19N3/c1-11-6-7-12(16(2,3)4)8-13(11)15-14(9-17)18-10-19(15)5/h6-8,10H,1-5H3. The molecule has 0 aliphatic carbocycles. The molecular formula is C16H19N3. The summed E-state index contributed by atoms with van der Waals surface area (Å²) in [6, 6.07) is 8.61. The molecule has 0 fully saturated rings. The summed E-state index contributed by atoms with van der Waals surface area (Å²) >= 11 is 0. The Labute approximate surface area is 114 Å². The van der Waals surface area contributed by atoms with Crippen molar-refractivity contribution in [2.45, 2.75) is 33.1 Å². The third-order valence-corrected chi connectivity index (χ3v) is 3.40. The molecule has 0 spiro atoms. The summed E-state index contributed by atoms with van der Waals surface area (Å²) in [6.07, 6.45) is 1.69. The quantitative estimate of drug-likeness (QED) is 0.779. The number of nitrogens with zero attached hydrogens (tertiary/aromatic N) is 3. The van der Waals surface area contributed by atoms with Gasteiger partial charge in [-0.25, -0.2) is 4.98 Å². The minimum Gasteiger partial charge on any atom is -0.333 e. The van der Waals surface area contributed by atoms with E-state index in [0.29, 0.717) is 5.69 Å². The topological polar surface area (TPSA) is 41.6 Å². The van der Waals surface area contributed by atoms with Crippen molar-refractivity contribution in [1.82, 2.24) is 9.55 Å². The number of benzene rings is 1.